The van der Waals surface area contributed by atoms with Gasteiger partial charge in [-0.3, -0.25) is 38.4 Å². The number of aromatic nitrogens is 8. The van der Waals surface area contributed by atoms with Crippen LogP contribution in [0.1, 0.15) is 80.9 Å². The molecule has 70 heavy (non-hydrogen) atoms. The molecule has 0 bridgehead atoms. The second-order valence-electron chi connectivity index (χ2n) is 16.5. The van der Waals surface area contributed by atoms with E-state index in [1.54, 1.807) is 62.8 Å². The van der Waals surface area contributed by atoms with Gasteiger partial charge in [0.2, 0.25) is 35.3 Å². The number of nitrogens with one attached hydrogen (secondary N) is 9. The largest absolute Gasteiger partial charge is 0.356 e. The standard InChI is InChI=1S/C44H62N18O8/c1-45-14-8-19-57(2)20-9-15-46-34(63)12-16-49-42(68)39-54-32(26-61(39)6)53-37(66)13-17-48-41(67)30-22-28(24-59(30)4)50-44(70)40-55-31(27-62(40)7)52-35(64)10-11-36(65)56-33-23-29(25-60(33)5)51-43(69)38-47-18-21-58(38)3/h18,21-27,45H,8-17,19-20H2,1-7H3,(H,46,63)(H,48,67)(H,49,68)(H,50,70)(H,51,69)(H,52,64)(H,53,66)(H,56,65). The zero-order chi connectivity index (χ0) is 50.9. The summed E-state index contributed by atoms with van der Waals surface area (Å²) in [5.74, 6) is -2.88. The van der Waals surface area contributed by atoms with Crippen molar-refractivity contribution >= 4 is 76.1 Å². The highest BCUT2D eigenvalue weighted by atomic mass is 16.2. The zero-order valence-electron chi connectivity index (χ0n) is 40.4. The summed E-state index contributed by atoms with van der Waals surface area (Å²) in [5, 5.41) is 24.6. The van der Waals surface area contributed by atoms with Crippen LogP contribution >= 0.6 is 0 Å². The van der Waals surface area contributed by atoms with Gasteiger partial charge >= 0.3 is 0 Å². The highest BCUT2D eigenvalue weighted by molar-refractivity contribution is 6.04. The predicted octanol–water partition coefficient (Wildman–Crippen LogP) is 0.352. The number of carbonyl (C=O) groups excluding carboxylic acids is 8. The van der Waals surface area contributed by atoms with Crippen LogP contribution in [0.15, 0.2) is 49.3 Å². The Labute approximate surface area is 403 Å². The fourth-order valence-electron chi connectivity index (χ4n) is 6.94. The molecule has 5 rings (SSSR count). The maximum Gasteiger partial charge on any atom is 0.291 e. The Balaban J connectivity index is 0.987. The molecule has 0 atom stereocenters. The van der Waals surface area contributed by atoms with Gasteiger partial charge in [0.25, 0.3) is 23.6 Å². The van der Waals surface area contributed by atoms with Crippen LogP contribution in [0.2, 0.25) is 0 Å². The van der Waals surface area contributed by atoms with Crippen molar-refractivity contribution in [3.8, 4) is 0 Å². The zero-order valence-corrected chi connectivity index (χ0v) is 40.4. The van der Waals surface area contributed by atoms with Crippen molar-refractivity contribution in [1.29, 1.82) is 0 Å². The molecule has 8 amide bonds. The minimum Gasteiger partial charge on any atom is -0.356 e. The summed E-state index contributed by atoms with van der Waals surface area (Å²) in [5.41, 5.74) is 0.900. The highest BCUT2D eigenvalue weighted by Crippen LogP contribution is 2.19. The van der Waals surface area contributed by atoms with Gasteiger partial charge in [-0.25, -0.2) is 15.0 Å². The van der Waals surface area contributed by atoms with Gasteiger partial charge in [-0.1, -0.05) is 0 Å². The van der Waals surface area contributed by atoms with Gasteiger partial charge in [-0.05, 0) is 52.6 Å². The molecule has 0 aliphatic carbocycles. The van der Waals surface area contributed by atoms with Crippen molar-refractivity contribution in [2.75, 3.05) is 79.9 Å². The number of carbonyl (C=O) groups is 8. The topological polar surface area (TPSA) is 311 Å². The highest BCUT2D eigenvalue weighted by Gasteiger charge is 2.21. The van der Waals surface area contributed by atoms with Crippen LogP contribution in [0.3, 0.4) is 0 Å². The van der Waals surface area contributed by atoms with Crippen LogP contribution in [0.5, 0.6) is 0 Å². The third-order valence-corrected chi connectivity index (χ3v) is 10.6. The van der Waals surface area contributed by atoms with Crippen LogP contribution in [0.4, 0.5) is 28.8 Å². The molecule has 0 aliphatic heterocycles. The van der Waals surface area contributed by atoms with E-state index in [4.69, 9.17) is 0 Å². The van der Waals surface area contributed by atoms with E-state index in [1.807, 2.05) is 14.1 Å². The van der Waals surface area contributed by atoms with Gasteiger partial charge < -0.3 is 75.6 Å². The van der Waals surface area contributed by atoms with Crippen molar-refractivity contribution in [1.82, 2.24) is 64.0 Å². The third kappa shape index (κ3) is 15.7. The summed E-state index contributed by atoms with van der Waals surface area (Å²) in [7, 11) is 12.1. The van der Waals surface area contributed by atoms with E-state index in [0.717, 1.165) is 32.5 Å². The molecule has 0 aromatic carbocycles. The number of imidazole rings is 3. The third-order valence-electron chi connectivity index (χ3n) is 10.6. The minimum atomic E-state index is -0.631. The van der Waals surface area contributed by atoms with E-state index < -0.39 is 41.4 Å². The van der Waals surface area contributed by atoms with Gasteiger partial charge in [-0.15, -0.1) is 0 Å². The summed E-state index contributed by atoms with van der Waals surface area (Å²) >= 11 is 0. The Morgan fingerprint density at radius 3 is 1.66 bits per heavy atom. The monoisotopic (exact) mass is 970 g/mol. The van der Waals surface area contributed by atoms with Crippen molar-refractivity contribution < 1.29 is 38.4 Å². The number of nitrogens with zero attached hydrogens (tertiary/aromatic N) is 9. The van der Waals surface area contributed by atoms with E-state index in [0.29, 0.717) is 18.1 Å². The number of aryl methyl sites for hydroxylation is 5. The molecular formula is C44H62N18O8. The smallest absolute Gasteiger partial charge is 0.291 e. The van der Waals surface area contributed by atoms with E-state index in [2.05, 4.69) is 67.7 Å². The van der Waals surface area contributed by atoms with Gasteiger partial charge in [0.05, 0.1) is 11.4 Å². The molecule has 26 nitrogen and oxygen atoms in total. The first kappa shape index (κ1) is 52.8. The van der Waals surface area contributed by atoms with Crippen LogP contribution in [0, 0.1) is 0 Å². The van der Waals surface area contributed by atoms with E-state index in [9.17, 15) is 38.4 Å². The molecule has 376 valence electrons. The number of hydrogen-bond donors (Lipinski definition) is 9. The second-order valence-corrected chi connectivity index (χ2v) is 16.5. The molecule has 0 saturated carbocycles. The molecule has 0 saturated heterocycles. The van der Waals surface area contributed by atoms with Crippen LogP contribution in [-0.2, 0) is 54.4 Å². The molecule has 0 unspecified atom stereocenters. The van der Waals surface area contributed by atoms with Crippen molar-refractivity contribution in [3.05, 3.63) is 72.5 Å². The summed E-state index contributed by atoms with van der Waals surface area (Å²) in [6, 6.07) is 3.02. The first-order chi connectivity index (χ1) is 33.4. The minimum absolute atomic E-state index is 0.0359. The van der Waals surface area contributed by atoms with Crippen LogP contribution in [-0.4, -0.2) is 143 Å². The fourth-order valence-corrected chi connectivity index (χ4v) is 6.94. The molecule has 26 heteroatoms. The van der Waals surface area contributed by atoms with Crippen LogP contribution in [0.25, 0.3) is 0 Å². The van der Waals surface area contributed by atoms with Gasteiger partial charge in [-0.2, -0.15) is 0 Å². The number of hydrogen-bond acceptors (Lipinski definition) is 13. The Hall–Kier alpha value is -8.13. The molecule has 5 aromatic heterocycles. The fraction of sp³-hybridized carbons (Fsp3) is 0.432. The Bertz CT molecular complexity index is 2670. The molecular weight excluding hydrogens is 909 g/mol. The van der Waals surface area contributed by atoms with Crippen molar-refractivity contribution in [3.63, 3.8) is 0 Å². The molecule has 0 radical (unpaired) electrons. The Kier molecular flexibility index (Phi) is 19.1. The second kappa shape index (κ2) is 25.3. The van der Waals surface area contributed by atoms with Crippen LogP contribution < -0.4 is 47.9 Å². The molecule has 9 N–H and O–H groups in total. The van der Waals surface area contributed by atoms with E-state index in [-0.39, 0.29) is 85.2 Å². The lowest BCUT2D eigenvalue weighted by Crippen LogP contribution is -2.33. The summed E-state index contributed by atoms with van der Waals surface area (Å²) < 4.78 is 7.52. The number of rotatable bonds is 26. The summed E-state index contributed by atoms with van der Waals surface area (Å²) in [6.45, 7) is 3.39. The van der Waals surface area contributed by atoms with Gasteiger partial charge in [0.15, 0.2) is 17.5 Å². The maximum absolute atomic E-state index is 13.2. The summed E-state index contributed by atoms with van der Waals surface area (Å²) in [4.78, 5) is 116. The molecule has 5 heterocycles. The quantitative estimate of drug-likeness (QED) is 0.0339. The average molecular weight is 971 g/mol. The molecule has 0 fully saturated rings. The van der Waals surface area contributed by atoms with Crippen molar-refractivity contribution in [2.45, 2.75) is 38.5 Å². The Morgan fingerprint density at radius 2 is 1.04 bits per heavy atom. The predicted molar refractivity (Wildman–Crippen MR) is 259 cm³/mol. The summed E-state index contributed by atoms with van der Waals surface area (Å²) in [6.07, 6.45) is 10.7. The molecule has 0 aliphatic rings. The average Bonchev–Trinajstić information content (AvgIpc) is 4.14. The number of anilines is 5. The van der Waals surface area contributed by atoms with Gasteiger partial charge in [0.1, 0.15) is 11.5 Å². The first-order valence-corrected chi connectivity index (χ1v) is 22.5. The molecule has 5 aromatic rings. The van der Waals surface area contributed by atoms with E-state index in [1.165, 1.54) is 44.6 Å². The SMILES string of the molecule is CNCCCN(C)CCCNC(=O)CCNC(=O)c1nc(NC(=O)CCNC(=O)c2cc(NC(=O)c3nc(NC(=O)CCC(=O)Nc4cc(NC(=O)c5nccn5C)cn4C)cn3C)cn2C)cn1C. The van der Waals surface area contributed by atoms with E-state index >= 15 is 0 Å². The van der Waals surface area contributed by atoms with Crippen molar-refractivity contribution in [2.24, 2.45) is 35.2 Å². The van der Waals surface area contributed by atoms with Gasteiger partial charge in [0, 0.05) is 124 Å². The molecule has 0 spiro atoms. The normalized spacial score (nSPS) is 11.0. The lowest BCUT2D eigenvalue weighted by atomic mass is 10.3. The first-order valence-electron chi connectivity index (χ1n) is 22.5. The lowest BCUT2D eigenvalue weighted by molar-refractivity contribution is -0.121. The Morgan fingerprint density at radius 1 is 0.514 bits per heavy atom. The number of amides is 8. The lowest BCUT2D eigenvalue weighted by Gasteiger charge is -2.16. The maximum atomic E-state index is 13.2.